The lowest BCUT2D eigenvalue weighted by Gasteiger charge is -2.32. The molecule has 1 fully saturated rings. The number of hydrogen-bond donors (Lipinski definition) is 1. The zero-order valence-corrected chi connectivity index (χ0v) is 16.5. The summed E-state index contributed by atoms with van der Waals surface area (Å²) in [6.45, 7) is 4.51. The van der Waals surface area contributed by atoms with Crippen LogP contribution in [0, 0.1) is 13.8 Å². The molecule has 7 nitrogen and oxygen atoms in total. The predicted octanol–water partition coefficient (Wildman–Crippen LogP) is 2.49. The fraction of sp³-hybridized carbons (Fsp3) is 0.421. The fourth-order valence-electron chi connectivity index (χ4n) is 3.42. The van der Waals surface area contributed by atoms with Crippen LogP contribution in [-0.4, -0.2) is 45.5 Å². The first-order valence-electron chi connectivity index (χ1n) is 8.82. The van der Waals surface area contributed by atoms with Crippen LogP contribution in [0.4, 0.5) is 0 Å². The third-order valence-electron chi connectivity index (χ3n) is 4.74. The number of nitrogens with zero attached hydrogens (tertiary/aromatic N) is 1. The van der Waals surface area contributed by atoms with E-state index >= 15 is 0 Å². The van der Waals surface area contributed by atoms with Gasteiger partial charge in [-0.2, -0.15) is 0 Å². The van der Waals surface area contributed by atoms with Crippen molar-refractivity contribution in [3.05, 3.63) is 47.4 Å². The number of rotatable bonds is 5. The quantitative estimate of drug-likeness (QED) is 0.844. The Morgan fingerprint density at radius 2 is 2.07 bits per heavy atom. The monoisotopic (exact) mass is 392 g/mol. The van der Waals surface area contributed by atoms with Crippen LogP contribution in [0.15, 0.2) is 39.8 Å². The first kappa shape index (κ1) is 19.4. The summed E-state index contributed by atoms with van der Waals surface area (Å²) in [6, 6.07) is 6.25. The number of nitrogens with one attached hydrogen (secondary N) is 1. The highest BCUT2D eigenvalue weighted by Gasteiger charge is 2.30. The van der Waals surface area contributed by atoms with Gasteiger partial charge in [0.1, 0.15) is 5.75 Å². The normalized spacial score (nSPS) is 17.7. The minimum Gasteiger partial charge on any atom is -0.496 e. The Labute approximate surface area is 159 Å². The van der Waals surface area contributed by atoms with E-state index in [1.165, 1.54) is 13.4 Å². The molecule has 0 saturated carbocycles. The van der Waals surface area contributed by atoms with Gasteiger partial charge in [0.15, 0.2) is 5.76 Å². The number of piperidine rings is 1. The maximum absolute atomic E-state index is 12.9. The molecule has 1 amide bonds. The number of aryl methyl sites for hydroxylation is 2. The number of carbonyl (C=O) groups excluding carboxylic acids is 1. The van der Waals surface area contributed by atoms with Gasteiger partial charge in [-0.3, -0.25) is 4.79 Å². The van der Waals surface area contributed by atoms with E-state index in [2.05, 4.69) is 4.72 Å². The average molecular weight is 392 g/mol. The lowest BCUT2D eigenvalue weighted by Crippen LogP contribution is -2.49. The van der Waals surface area contributed by atoms with Gasteiger partial charge in [0.05, 0.1) is 18.3 Å². The number of ether oxygens (including phenoxy) is 1. The van der Waals surface area contributed by atoms with Crippen LogP contribution in [0.25, 0.3) is 0 Å². The number of hydrogen-bond acceptors (Lipinski definition) is 5. The van der Waals surface area contributed by atoms with Crippen LogP contribution in [-0.2, 0) is 10.0 Å². The summed E-state index contributed by atoms with van der Waals surface area (Å²) in [5.74, 6) is 0.564. The molecule has 1 aliphatic rings. The highest BCUT2D eigenvalue weighted by atomic mass is 32.2. The van der Waals surface area contributed by atoms with Gasteiger partial charge in [-0.1, -0.05) is 6.07 Å². The van der Waals surface area contributed by atoms with E-state index in [-0.39, 0.29) is 22.6 Å². The summed E-state index contributed by atoms with van der Waals surface area (Å²) in [7, 11) is -2.22. The number of benzene rings is 1. The number of amides is 1. The van der Waals surface area contributed by atoms with Gasteiger partial charge >= 0.3 is 0 Å². The van der Waals surface area contributed by atoms with Gasteiger partial charge in [-0.05, 0) is 49.9 Å². The van der Waals surface area contributed by atoms with E-state index in [0.29, 0.717) is 30.8 Å². The summed E-state index contributed by atoms with van der Waals surface area (Å²) in [4.78, 5) is 14.3. The summed E-state index contributed by atoms with van der Waals surface area (Å²) in [5, 5.41) is 0. The number of carbonyl (C=O) groups is 1. The van der Waals surface area contributed by atoms with E-state index in [4.69, 9.17) is 9.15 Å². The largest absolute Gasteiger partial charge is 0.496 e. The lowest BCUT2D eigenvalue weighted by atomic mass is 10.1. The second-order valence-corrected chi connectivity index (χ2v) is 8.46. The van der Waals surface area contributed by atoms with E-state index in [1.807, 2.05) is 6.92 Å². The number of furan rings is 1. The summed E-state index contributed by atoms with van der Waals surface area (Å²) in [5.41, 5.74) is 1.53. The van der Waals surface area contributed by atoms with Crippen molar-refractivity contribution >= 4 is 15.9 Å². The van der Waals surface area contributed by atoms with E-state index in [9.17, 15) is 13.2 Å². The molecule has 0 radical (unpaired) electrons. The Morgan fingerprint density at radius 3 is 2.74 bits per heavy atom. The average Bonchev–Trinajstić information content (AvgIpc) is 3.15. The zero-order valence-electron chi connectivity index (χ0n) is 15.7. The lowest BCUT2D eigenvalue weighted by molar-refractivity contribution is 0.0671. The smallest absolute Gasteiger partial charge is 0.289 e. The van der Waals surface area contributed by atoms with Crippen LogP contribution < -0.4 is 9.46 Å². The molecule has 1 aromatic heterocycles. The maximum Gasteiger partial charge on any atom is 0.289 e. The topological polar surface area (TPSA) is 88.9 Å². The molecular formula is C19H24N2O5S. The Kier molecular flexibility index (Phi) is 5.57. The van der Waals surface area contributed by atoms with Crippen molar-refractivity contribution in [1.29, 1.82) is 0 Å². The van der Waals surface area contributed by atoms with Gasteiger partial charge in [0.25, 0.3) is 5.91 Å². The van der Waals surface area contributed by atoms with Gasteiger partial charge in [0, 0.05) is 25.2 Å². The Balaban J connectivity index is 1.77. The number of methoxy groups -OCH3 is 1. The predicted molar refractivity (Wildman–Crippen MR) is 100 cm³/mol. The first-order chi connectivity index (χ1) is 12.8. The van der Waals surface area contributed by atoms with Crippen molar-refractivity contribution < 1.29 is 22.4 Å². The molecule has 1 aliphatic heterocycles. The van der Waals surface area contributed by atoms with Crippen LogP contribution in [0.2, 0.25) is 0 Å². The second-order valence-electron chi connectivity index (χ2n) is 6.78. The van der Waals surface area contributed by atoms with Crippen LogP contribution in [0.3, 0.4) is 0 Å². The van der Waals surface area contributed by atoms with Gasteiger partial charge in [-0.25, -0.2) is 13.1 Å². The fourth-order valence-corrected chi connectivity index (χ4v) is 4.92. The Morgan fingerprint density at radius 1 is 1.30 bits per heavy atom. The maximum atomic E-state index is 12.9. The minimum absolute atomic E-state index is 0.194. The molecule has 2 aromatic rings. The van der Waals surface area contributed by atoms with Crippen molar-refractivity contribution in [3.63, 3.8) is 0 Å². The molecule has 27 heavy (non-hydrogen) atoms. The summed E-state index contributed by atoms with van der Waals surface area (Å²) < 4.78 is 39.0. The van der Waals surface area contributed by atoms with Gasteiger partial charge in [-0.15, -0.1) is 0 Å². The van der Waals surface area contributed by atoms with Crippen molar-refractivity contribution in [1.82, 2.24) is 9.62 Å². The van der Waals surface area contributed by atoms with E-state index < -0.39 is 10.0 Å². The molecule has 8 heteroatoms. The SMILES string of the molecule is COc1cc(S(=O)(=O)NC2CCCN(C(=O)c3ccco3)C2)c(C)cc1C. The van der Waals surface area contributed by atoms with Crippen molar-refractivity contribution in [3.8, 4) is 5.75 Å². The van der Waals surface area contributed by atoms with Crippen LogP contribution in [0.1, 0.15) is 34.5 Å². The first-order valence-corrected chi connectivity index (χ1v) is 10.3. The molecule has 2 heterocycles. The molecule has 1 aromatic carbocycles. The van der Waals surface area contributed by atoms with E-state index in [0.717, 1.165) is 12.0 Å². The highest BCUT2D eigenvalue weighted by Crippen LogP contribution is 2.26. The minimum atomic E-state index is -3.73. The standard InChI is InChI=1S/C19H24N2O5S/c1-13-10-14(2)18(11-17(13)25-3)27(23,24)20-15-6-4-8-21(12-15)19(22)16-7-5-9-26-16/h5,7,9-11,15,20H,4,6,8,12H2,1-3H3. The van der Waals surface area contributed by atoms with Crippen molar-refractivity contribution in [2.75, 3.05) is 20.2 Å². The zero-order chi connectivity index (χ0) is 19.6. The van der Waals surface area contributed by atoms with Crippen molar-refractivity contribution in [2.24, 2.45) is 0 Å². The molecule has 1 atom stereocenters. The Bertz CT molecular complexity index is 922. The van der Waals surface area contributed by atoms with Gasteiger partial charge < -0.3 is 14.1 Å². The number of sulfonamides is 1. The van der Waals surface area contributed by atoms with Gasteiger partial charge in [0.2, 0.25) is 10.0 Å². The summed E-state index contributed by atoms with van der Waals surface area (Å²) in [6.07, 6.45) is 2.84. The van der Waals surface area contributed by atoms with Crippen LogP contribution in [0.5, 0.6) is 5.75 Å². The third-order valence-corrected chi connectivity index (χ3v) is 6.41. The molecule has 1 saturated heterocycles. The molecule has 3 rings (SSSR count). The molecule has 0 bridgehead atoms. The molecule has 0 spiro atoms. The molecule has 1 N–H and O–H groups in total. The summed E-state index contributed by atoms with van der Waals surface area (Å²) >= 11 is 0. The molecule has 146 valence electrons. The number of likely N-dealkylation sites (tertiary alicyclic amines) is 1. The van der Waals surface area contributed by atoms with E-state index in [1.54, 1.807) is 36.1 Å². The second kappa shape index (κ2) is 7.74. The molecule has 0 aliphatic carbocycles. The third kappa shape index (κ3) is 4.17. The molecule has 1 unspecified atom stereocenters. The van der Waals surface area contributed by atoms with Crippen LogP contribution >= 0.6 is 0 Å². The Hall–Kier alpha value is -2.32. The highest BCUT2D eigenvalue weighted by molar-refractivity contribution is 7.89. The molecular weight excluding hydrogens is 368 g/mol. The van der Waals surface area contributed by atoms with Crippen molar-refractivity contribution in [2.45, 2.75) is 37.6 Å².